The molecule has 0 amide bonds. The van der Waals surface area contributed by atoms with Gasteiger partial charge in [0.05, 0.1) is 12.3 Å². The third-order valence-corrected chi connectivity index (χ3v) is 4.47. The molecule has 1 N–H and O–H groups in total. The van der Waals surface area contributed by atoms with Crippen molar-refractivity contribution in [3.63, 3.8) is 0 Å². The Morgan fingerprint density at radius 2 is 2.10 bits per heavy atom. The smallest absolute Gasteiger partial charge is 0.185 e. The molecule has 0 aromatic carbocycles. The highest BCUT2D eigenvalue weighted by Crippen LogP contribution is 2.27. The molecular weight excluding hydrogens is 282 g/mol. The first-order valence-electron chi connectivity index (χ1n) is 8.05. The molecule has 0 radical (unpaired) electrons. The average Bonchev–Trinajstić information content (AvgIpc) is 2.83. The Labute approximate surface area is 133 Å². The van der Waals surface area contributed by atoms with E-state index in [-0.39, 0.29) is 0 Å². The minimum absolute atomic E-state index is 0.681. The van der Waals surface area contributed by atoms with Crippen molar-refractivity contribution in [3.05, 3.63) is 10.6 Å². The van der Waals surface area contributed by atoms with Crippen molar-refractivity contribution in [1.29, 1.82) is 0 Å². The Hall–Kier alpha value is -0.650. The Kier molecular flexibility index (Phi) is 8.88. The van der Waals surface area contributed by atoms with Crippen LogP contribution in [0.4, 0.5) is 5.13 Å². The first-order valence-corrected chi connectivity index (χ1v) is 8.87. The fourth-order valence-electron chi connectivity index (χ4n) is 2.14. The highest BCUT2D eigenvalue weighted by Gasteiger charge is 2.14. The highest BCUT2D eigenvalue weighted by atomic mass is 32.1. The van der Waals surface area contributed by atoms with Gasteiger partial charge in [-0.2, -0.15) is 0 Å². The van der Waals surface area contributed by atoms with Crippen LogP contribution in [0.5, 0.6) is 0 Å². The van der Waals surface area contributed by atoms with E-state index in [0.29, 0.717) is 5.92 Å². The summed E-state index contributed by atoms with van der Waals surface area (Å²) in [6.07, 6.45) is 2.21. The molecule has 5 heteroatoms. The summed E-state index contributed by atoms with van der Waals surface area (Å²) in [5, 5.41) is 4.68. The van der Waals surface area contributed by atoms with Crippen LogP contribution in [0.15, 0.2) is 0 Å². The minimum atomic E-state index is 0.681. The third-order valence-electron chi connectivity index (χ3n) is 3.31. The van der Waals surface area contributed by atoms with Gasteiger partial charge in [0.25, 0.3) is 0 Å². The fraction of sp³-hybridized carbons (Fsp3) is 0.812. The molecule has 0 atom stereocenters. The van der Waals surface area contributed by atoms with Crippen LogP contribution in [0.25, 0.3) is 0 Å². The molecule has 1 heterocycles. The van der Waals surface area contributed by atoms with E-state index >= 15 is 0 Å². The van der Waals surface area contributed by atoms with E-state index in [0.717, 1.165) is 50.8 Å². The van der Waals surface area contributed by atoms with E-state index in [4.69, 9.17) is 9.72 Å². The second-order valence-electron chi connectivity index (χ2n) is 5.71. The summed E-state index contributed by atoms with van der Waals surface area (Å²) in [5.74, 6) is 0.681. The van der Waals surface area contributed by atoms with E-state index in [2.05, 4.69) is 37.9 Å². The molecule has 1 rings (SSSR count). The van der Waals surface area contributed by atoms with Crippen molar-refractivity contribution >= 4 is 16.5 Å². The van der Waals surface area contributed by atoms with E-state index in [9.17, 15) is 0 Å². The first kappa shape index (κ1) is 18.4. The van der Waals surface area contributed by atoms with Crippen LogP contribution in [0.2, 0.25) is 0 Å². The molecule has 122 valence electrons. The zero-order chi connectivity index (χ0) is 15.7. The fourth-order valence-corrected chi connectivity index (χ4v) is 3.31. The lowest BCUT2D eigenvalue weighted by Gasteiger charge is -2.18. The molecule has 0 saturated heterocycles. The second-order valence-corrected chi connectivity index (χ2v) is 6.78. The summed E-state index contributed by atoms with van der Waals surface area (Å²) in [4.78, 5) is 8.57. The monoisotopic (exact) mass is 313 g/mol. The van der Waals surface area contributed by atoms with Crippen LogP contribution in [-0.4, -0.2) is 38.3 Å². The first-order chi connectivity index (χ1) is 10.1. The number of likely N-dealkylation sites (N-methyl/N-ethyl adjacent to an activating group) is 1. The summed E-state index contributed by atoms with van der Waals surface area (Å²) in [7, 11) is 1.75. The van der Waals surface area contributed by atoms with Gasteiger partial charge < -0.3 is 15.0 Å². The maximum absolute atomic E-state index is 5.19. The molecule has 0 aliphatic rings. The molecule has 0 aliphatic heterocycles. The highest BCUT2D eigenvalue weighted by molar-refractivity contribution is 7.15. The number of hydrogen-bond acceptors (Lipinski definition) is 5. The molecule has 0 fully saturated rings. The van der Waals surface area contributed by atoms with E-state index in [1.165, 1.54) is 10.6 Å². The lowest BCUT2D eigenvalue weighted by molar-refractivity contribution is 0.205. The second kappa shape index (κ2) is 10.1. The number of hydrogen-bond donors (Lipinski definition) is 1. The van der Waals surface area contributed by atoms with Crippen LogP contribution >= 0.6 is 11.3 Å². The van der Waals surface area contributed by atoms with E-state index in [1.54, 1.807) is 7.11 Å². The number of methoxy groups -OCH3 is 1. The summed E-state index contributed by atoms with van der Waals surface area (Å²) in [6, 6.07) is 0. The Morgan fingerprint density at radius 3 is 2.67 bits per heavy atom. The molecule has 1 aromatic heterocycles. The van der Waals surface area contributed by atoms with Gasteiger partial charge in [-0.1, -0.05) is 27.2 Å². The lowest BCUT2D eigenvalue weighted by atomic mass is 10.2. The van der Waals surface area contributed by atoms with Crippen molar-refractivity contribution < 1.29 is 4.74 Å². The van der Waals surface area contributed by atoms with Gasteiger partial charge in [-0.15, -0.1) is 11.3 Å². The minimum Gasteiger partial charge on any atom is -0.383 e. The predicted octanol–water partition coefficient (Wildman–Crippen LogP) is 3.31. The summed E-state index contributed by atoms with van der Waals surface area (Å²) in [5.41, 5.74) is 1.27. The van der Waals surface area contributed by atoms with Crippen LogP contribution in [0.3, 0.4) is 0 Å². The topological polar surface area (TPSA) is 37.4 Å². The lowest BCUT2D eigenvalue weighted by Crippen LogP contribution is -2.26. The van der Waals surface area contributed by atoms with E-state index < -0.39 is 0 Å². The van der Waals surface area contributed by atoms with Crippen molar-refractivity contribution in [2.75, 3.05) is 38.3 Å². The van der Waals surface area contributed by atoms with Crippen LogP contribution in [0, 0.1) is 5.92 Å². The quantitative estimate of drug-likeness (QED) is 0.680. The number of nitrogens with one attached hydrogen (secondary N) is 1. The van der Waals surface area contributed by atoms with Crippen molar-refractivity contribution in [3.8, 4) is 0 Å². The van der Waals surface area contributed by atoms with Crippen molar-refractivity contribution in [1.82, 2.24) is 10.3 Å². The molecule has 1 aromatic rings. The molecule has 4 nitrogen and oxygen atoms in total. The van der Waals surface area contributed by atoms with Gasteiger partial charge >= 0.3 is 0 Å². The van der Waals surface area contributed by atoms with Gasteiger partial charge in [-0.25, -0.2) is 4.98 Å². The molecule has 0 unspecified atom stereocenters. The molecule has 0 bridgehead atoms. The van der Waals surface area contributed by atoms with Gasteiger partial charge in [0.2, 0.25) is 0 Å². The number of aromatic nitrogens is 1. The normalized spacial score (nSPS) is 11.3. The van der Waals surface area contributed by atoms with E-state index in [1.807, 2.05) is 11.3 Å². The SMILES string of the molecule is CCCc1nc(N(CC)CCOC)sc1CNCC(C)C. The maximum Gasteiger partial charge on any atom is 0.185 e. The predicted molar refractivity (Wildman–Crippen MR) is 92.4 cm³/mol. The standard InChI is InChI=1S/C16H31N3OS/c1-6-8-14-15(12-17-11-13(3)4)21-16(18-14)19(7-2)9-10-20-5/h13,17H,6-12H2,1-5H3. The van der Waals surface area contributed by atoms with Gasteiger partial charge in [0, 0.05) is 31.6 Å². The van der Waals surface area contributed by atoms with Crippen LogP contribution in [0.1, 0.15) is 44.7 Å². The Balaban J connectivity index is 2.76. The molecule has 0 aliphatic carbocycles. The zero-order valence-electron chi connectivity index (χ0n) is 14.2. The molecule has 0 saturated carbocycles. The molecule has 0 spiro atoms. The van der Waals surface area contributed by atoms with Crippen LogP contribution < -0.4 is 10.2 Å². The van der Waals surface area contributed by atoms with Gasteiger partial charge in [-0.3, -0.25) is 0 Å². The molecule has 21 heavy (non-hydrogen) atoms. The van der Waals surface area contributed by atoms with Crippen molar-refractivity contribution in [2.45, 2.75) is 47.1 Å². The number of nitrogens with zero attached hydrogens (tertiary/aromatic N) is 2. The summed E-state index contributed by atoms with van der Waals surface area (Å²) >= 11 is 1.83. The number of anilines is 1. The summed E-state index contributed by atoms with van der Waals surface area (Å²) in [6.45, 7) is 13.5. The Morgan fingerprint density at radius 1 is 1.33 bits per heavy atom. The van der Waals surface area contributed by atoms with Crippen LogP contribution in [-0.2, 0) is 17.7 Å². The van der Waals surface area contributed by atoms with Crippen molar-refractivity contribution in [2.24, 2.45) is 5.92 Å². The number of aryl methyl sites for hydroxylation is 1. The average molecular weight is 314 g/mol. The third kappa shape index (κ3) is 6.32. The number of rotatable bonds is 11. The largest absolute Gasteiger partial charge is 0.383 e. The maximum atomic E-state index is 5.19. The van der Waals surface area contributed by atoms with Gasteiger partial charge in [0.1, 0.15) is 0 Å². The number of thiazole rings is 1. The van der Waals surface area contributed by atoms with Gasteiger partial charge in [-0.05, 0) is 25.8 Å². The zero-order valence-corrected chi connectivity index (χ0v) is 15.1. The Bertz CT molecular complexity index is 393. The molecular formula is C16H31N3OS. The number of ether oxygens (including phenoxy) is 1. The van der Waals surface area contributed by atoms with Gasteiger partial charge in [0.15, 0.2) is 5.13 Å². The summed E-state index contributed by atoms with van der Waals surface area (Å²) < 4.78 is 5.19.